The summed E-state index contributed by atoms with van der Waals surface area (Å²) in [6.45, 7) is 9.02. The number of benzene rings is 1. The van der Waals surface area contributed by atoms with Crippen LogP contribution in [-0.4, -0.2) is 37.6 Å². The van der Waals surface area contributed by atoms with Gasteiger partial charge in [-0.15, -0.1) is 0 Å². The number of amides is 1. The quantitative estimate of drug-likeness (QED) is 0.868. The van der Waals surface area contributed by atoms with Crippen molar-refractivity contribution < 1.29 is 24.1 Å². The summed E-state index contributed by atoms with van der Waals surface area (Å²) in [5.41, 5.74) is 0.0523. The van der Waals surface area contributed by atoms with E-state index in [1.807, 2.05) is 13.8 Å². The van der Waals surface area contributed by atoms with Gasteiger partial charge in [0, 0.05) is 11.5 Å². The Balaban J connectivity index is 3.30. The van der Waals surface area contributed by atoms with Crippen LogP contribution in [0.1, 0.15) is 40.2 Å². The number of anilines is 1. The molecule has 1 amide bonds. The number of carbonyl (C=O) groups is 1. The normalized spacial score (nSPS) is 11.8. The highest BCUT2D eigenvalue weighted by Crippen LogP contribution is 2.39. The lowest BCUT2D eigenvalue weighted by atomic mass is 9.84. The van der Waals surface area contributed by atoms with Crippen LogP contribution in [0.4, 0.5) is 10.5 Å². The topological polar surface area (TPSA) is 77.0 Å². The third-order valence-corrected chi connectivity index (χ3v) is 3.28. The minimum absolute atomic E-state index is 0.0918. The number of rotatable bonds is 5. The predicted molar refractivity (Wildman–Crippen MR) is 89.5 cm³/mol. The molecule has 0 saturated carbocycles. The van der Waals surface area contributed by atoms with Gasteiger partial charge in [0.2, 0.25) is 0 Å². The van der Waals surface area contributed by atoms with Gasteiger partial charge in [0.25, 0.3) is 0 Å². The Hall–Kier alpha value is -1.95. The van der Waals surface area contributed by atoms with Gasteiger partial charge in [-0.25, -0.2) is 4.79 Å². The SMILES string of the molecule is COc1cc(NC(=O)OC(C)(C)C)c(C(C)(C)CO)cc1OC. The molecular formula is C17H27NO5. The second kappa shape index (κ2) is 7.08. The van der Waals surface area contributed by atoms with E-state index >= 15 is 0 Å². The molecule has 1 aromatic rings. The van der Waals surface area contributed by atoms with E-state index in [2.05, 4.69) is 5.32 Å². The van der Waals surface area contributed by atoms with Gasteiger partial charge in [0.05, 0.1) is 26.5 Å². The first kappa shape index (κ1) is 19.1. The lowest BCUT2D eigenvalue weighted by Gasteiger charge is -2.27. The Morgan fingerprint density at radius 3 is 2.04 bits per heavy atom. The van der Waals surface area contributed by atoms with Crippen molar-refractivity contribution in [2.75, 3.05) is 26.1 Å². The van der Waals surface area contributed by atoms with Crippen molar-refractivity contribution in [3.63, 3.8) is 0 Å². The monoisotopic (exact) mass is 325 g/mol. The second-order valence-corrected chi connectivity index (χ2v) is 6.92. The van der Waals surface area contributed by atoms with Crippen LogP contribution in [0, 0.1) is 0 Å². The molecule has 0 heterocycles. The fourth-order valence-corrected chi connectivity index (χ4v) is 2.04. The summed E-state index contributed by atoms with van der Waals surface area (Å²) in [7, 11) is 3.06. The molecule has 0 aliphatic carbocycles. The maximum Gasteiger partial charge on any atom is 0.412 e. The number of ether oxygens (including phenoxy) is 3. The maximum absolute atomic E-state index is 12.1. The molecule has 0 spiro atoms. The zero-order valence-electron chi connectivity index (χ0n) is 14.9. The number of hydrogen-bond acceptors (Lipinski definition) is 5. The van der Waals surface area contributed by atoms with Crippen LogP contribution in [0.3, 0.4) is 0 Å². The van der Waals surface area contributed by atoms with E-state index in [0.717, 1.165) is 5.56 Å². The Morgan fingerprint density at radius 1 is 1.09 bits per heavy atom. The Bertz CT molecular complexity index is 561. The molecule has 0 aliphatic heterocycles. The lowest BCUT2D eigenvalue weighted by molar-refractivity contribution is 0.0635. The third kappa shape index (κ3) is 5.03. The van der Waals surface area contributed by atoms with Crippen LogP contribution in [0.25, 0.3) is 0 Å². The van der Waals surface area contributed by atoms with Gasteiger partial charge in [-0.1, -0.05) is 13.8 Å². The number of hydrogen-bond donors (Lipinski definition) is 2. The van der Waals surface area contributed by atoms with Gasteiger partial charge in [0.1, 0.15) is 5.60 Å². The van der Waals surface area contributed by atoms with Crippen molar-refractivity contribution in [1.29, 1.82) is 0 Å². The van der Waals surface area contributed by atoms with E-state index in [-0.39, 0.29) is 6.61 Å². The van der Waals surface area contributed by atoms with Gasteiger partial charge < -0.3 is 19.3 Å². The fourth-order valence-electron chi connectivity index (χ4n) is 2.04. The van der Waals surface area contributed by atoms with Gasteiger partial charge in [0.15, 0.2) is 11.5 Å². The highest BCUT2D eigenvalue weighted by atomic mass is 16.6. The minimum atomic E-state index is -0.604. The molecule has 0 atom stereocenters. The minimum Gasteiger partial charge on any atom is -0.493 e. The largest absolute Gasteiger partial charge is 0.493 e. The smallest absolute Gasteiger partial charge is 0.412 e. The van der Waals surface area contributed by atoms with Crippen LogP contribution in [0.15, 0.2) is 12.1 Å². The maximum atomic E-state index is 12.1. The zero-order valence-corrected chi connectivity index (χ0v) is 14.9. The Labute approximate surface area is 137 Å². The number of aliphatic hydroxyl groups is 1. The molecule has 0 fully saturated rings. The van der Waals surface area contributed by atoms with Crippen molar-refractivity contribution in [1.82, 2.24) is 0 Å². The summed E-state index contributed by atoms with van der Waals surface area (Å²) in [4.78, 5) is 12.1. The van der Waals surface area contributed by atoms with Gasteiger partial charge in [-0.3, -0.25) is 5.32 Å². The van der Waals surface area contributed by atoms with Gasteiger partial charge in [-0.2, -0.15) is 0 Å². The molecule has 23 heavy (non-hydrogen) atoms. The second-order valence-electron chi connectivity index (χ2n) is 6.92. The molecule has 0 saturated heterocycles. The van der Waals surface area contributed by atoms with Crippen molar-refractivity contribution >= 4 is 11.8 Å². The molecule has 1 aromatic carbocycles. The van der Waals surface area contributed by atoms with Crippen LogP contribution in [0.5, 0.6) is 11.5 Å². The highest BCUT2D eigenvalue weighted by molar-refractivity contribution is 5.87. The highest BCUT2D eigenvalue weighted by Gasteiger charge is 2.27. The number of aliphatic hydroxyl groups excluding tert-OH is 1. The number of methoxy groups -OCH3 is 2. The van der Waals surface area contributed by atoms with Crippen LogP contribution < -0.4 is 14.8 Å². The van der Waals surface area contributed by atoms with E-state index in [9.17, 15) is 9.90 Å². The van der Waals surface area contributed by atoms with Crippen molar-refractivity contribution in [3.8, 4) is 11.5 Å². The molecule has 0 bridgehead atoms. The molecule has 6 nitrogen and oxygen atoms in total. The lowest BCUT2D eigenvalue weighted by Crippen LogP contribution is -2.29. The first-order valence-corrected chi connectivity index (χ1v) is 7.41. The summed E-state index contributed by atoms with van der Waals surface area (Å²) < 4.78 is 15.9. The number of carbonyl (C=O) groups excluding carboxylic acids is 1. The Morgan fingerprint density at radius 2 is 1.61 bits per heavy atom. The molecule has 0 unspecified atom stereocenters. The first-order valence-electron chi connectivity index (χ1n) is 7.41. The molecular weight excluding hydrogens is 298 g/mol. The molecule has 0 aromatic heterocycles. The van der Waals surface area contributed by atoms with Crippen LogP contribution in [-0.2, 0) is 10.2 Å². The van der Waals surface area contributed by atoms with Crippen molar-refractivity contribution in [2.45, 2.75) is 45.6 Å². The summed E-state index contributed by atoms with van der Waals surface area (Å²) in [5, 5.41) is 12.4. The van der Waals surface area contributed by atoms with E-state index < -0.39 is 17.1 Å². The average molecular weight is 325 g/mol. The van der Waals surface area contributed by atoms with Crippen LogP contribution >= 0.6 is 0 Å². The molecule has 2 N–H and O–H groups in total. The summed E-state index contributed by atoms with van der Waals surface area (Å²) >= 11 is 0. The number of nitrogens with one attached hydrogen (secondary N) is 1. The average Bonchev–Trinajstić information content (AvgIpc) is 2.44. The van der Waals surface area contributed by atoms with E-state index in [0.29, 0.717) is 17.2 Å². The summed E-state index contributed by atoms with van der Waals surface area (Å²) in [5.74, 6) is 1.01. The first-order chi connectivity index (χ1) is 10.5. The molecule has 1 rings (SSSR count). The van der Waals surface area contributed by atoms with E-state index in [4.69, 9.17) is 14.2 Å². The standard InChI is InChI=1S/C17H27NO5/c1-16(2,3)23-15(20)18-12-9-14(22-7)13(21-6)8-11(12)17(4,5)10-19/h8-9,19H,10H2,1-7H3,(H,18,20). The van der Waals surface area contributed by atoms with Gasteiger partial charge in [-0.05, 0) is 32.4 Å². The Kier molecular flexibility index (Phi) is 5.88. The molecule has 6 heteroatoms. The summed E-state index contributed by atoms with van der Waals surface area (Å²) in [6.07, 6.45) is -0.570. The molecule has 0 radical (unpaired) electrons. The zero-order chi connectivity index (χ0) is 17.8. The predicted octanol–water partition coefficient (Wildman–Crippen LogP) is 3.32. The molecule has 130 valence electrons. The fraction of sp³-hybridized carbons (Fsp3) is 0.588. The summed E-state index contributed by atoms with van der Waals surface area (Å²) in [6, 6.07) is 3.41. The van der Waals surface area contributed by atoms with Crippen LogP contribution in [0.2, 0.25) is 0 Å². The van der Waals surface area contributed by atoms with E-state index in [1.165, 1.54) is 14.2 Å². The third-order valence-electron chi connectivity index (χ3n) is 3.28. The molecule has 0 aliphatic rings. The van der Waals surface area contributed by atoms with Crippen molar-refractivity contribution in [3.05, 3.63) is 17.7 Å². The van der Waals surface area contributed by atoms with Gasteiger partial charge >= 0.3 is 6.09 Å². The van der Waals surface area contributed by atoms with Crippen molar-refractivity contribution in [2.24, 2.45) is 0 Å². The van der Waals surface area contributed by atoms with E-state index in [1.54, 1.807) is 32.9 Å².